The van der Waals surface area contributed by atoms with Gasteiger partial charge in [-0.1, -0.05) is 60.0 Å². The monoisotopic (exact) mass is 459 g/mol. The van der Waals surface area contributed by atoms with Crippen LogP contribution < -0.4 is 0 Å². The Kier molecular flexibility index (Phi) is 6.52. The molecule has 0 bridgehead atoms. The zero-order valence-electron chi connectivity index (χ0n) is 16.4. The van der Waals surface area contributed by atoms with Gasteiger partial charge in [-0.15, -0.1) is 0 Å². The van der Waals surface area contributed by atoms with Crippen molar-refractivity contribution >= 4 is 33.4 Å². The number of aliphatic hydroxyl groups excluding tert-OH is 1. The summed E-state index contributed by atoms with van der Waals surface area (Å²) in [5.41, 5.74) is 1.42. The molecule has 1 aliphatic heterocycles. The number of rotatable bonds is 6. The van der Waals surface area contributed by atoms with Crippen molar-refractivity contribution in [1.82, 2.24) is 4.90 Å². The Morgan fingerprint density at radius 1 is 1.17 bits per heavy atom. The lowest BCUT2D eigenvalue weighted by Gasteiger charge is -2.25. The Morgan fingerprint density at radius 2 is 1.90 bits per heavy atom. The molecule has 6 heteroatoms. The van der Waals surface area contributed by atoms with E-state index in [9.17, 15) is 19.1 Å². The summed E-state index contributed by atoms with van der Waals surface area (Å²) in [5, 5.41) is 11.0. The van der Waals surface area contributed by atoms with Gasteiger partial charge in [-0.2, -0.15) is 0 Å². The van der Waals surface area contributed by atoms with E-state index < -0.39 is 23.5 Å². The predicted molar refractivity (Wildman–Crippen MR) is 114 cm³/mol. The molecule has 0 saturated carbocycles. The number of hydrogen-bond donors (Lipinski definition) is 1. The number of unbranched alkanes of at least 4 members (excludes halogenated alkanes) is 2. The molecular formula is C23H23BrFNO3. The molecule has 1 atom stereocenters. The van der Waals surface area contributed by atoms with Crippen LogP contribution in [0.4, 0.5) is 4.39 Å². The van der Waals surface area contributed by atoms with Crippen molar-refractivity contribution in [3.63, 3.8) is 0 Å². The van der Waals surface area contributed by atoms with Crippen LogP contribution in [-0.4, -0.2) is 28.2 Å². The fourth-order valence-electron chi connectivity index (χ4n) is 3.61. The minimum absolute atomic E-state index is 0.0710. The van der Waals surface area contributed by atoms with Crippen molar-refractivity contribution in [1.29, 1.82) is 0 Å². The minimum Gasteiger partial charge on any atom is -0.507 e. The Bertz CT molecular complexity index is 986. The molecule has 1 N–H and O–H groups in total. The van der Waals surface area contributed by atoms with Gasteiger partial charge < -0.3 is 10.0 Å². The number of aliphatic hydroxyl groups is 1. The fraction of sp³-hybridized carbons (Fsp3) is 0.304. The molecule has 1 heterocycles. The summed E-state index contributed by atoms with van der Waals surface area (Å²) in [7, 11) is 0. The maximum atomic E-state index is 14.7. The highest BCUT2D eigenvalue weighted by molar-refractivity contribution is 9.10. The van der Waals surface area contributed by atoms with Gasteiger partial charge in [0.2, 0.25) is 0 Å². The first-order chi connectivity index (χ1) is 13.9. The van der Waals surface area contributed by atoms with E-state index in [-0.39, 0.29) is 16.9 Å². The number of ketones is 1. The zero-order chi connectivity index (χ0) is 21.1. The lowest BCUT2D eigenvalue weighted by Crippen LogP contribution is -2.31. The first-order valence-corrected chi connectivity index (χ1v) is 10.5. The summed E-state index contributed by atoms with van der Waals surface area (Å²) in [4.78, 5) is 27.0. The van der Waals surface area contributed by atoms with Gasteiger partial charge in [0, 0.05) is 22.1 Å². The first-order valence-electron chi connectivity index (χ1n) is 9.66. The molecule has 29 heavy (non-hydrogen) atoms. The molecule has 0 spiro atoms. The van der Waals surface area contributed by atoms with Crippen LogP contribution in [0.25, 0.3) is 5.76 Å². The Morgan fingerprint density at radius 3 is 2.55 bits per heavy atom. The number of Topliss-reactive ketones (excluding diaryl/α,β-unsaturated/α-hetero) is 1. The number of carbonyl (C=O) groups is 2. The number of amides is 1. The molecule has 1 aliphatic rings. The second-order valence-corrected chi connectivity index (χ2v) is 8.04. The van der Waals surface area contributed by atoms with Gasteiger partial charge in [0.1, 0.15) is 11.6 Å². The molecule has 1 amide bonds. The van der Waals surface area contributed by atoms with Gasteiger partial charge in [0.15, 0.2) is 0 Å². The molecule has 0 aliphatic carbocycles. The topological polar surface area (TPSA) is 57.6 Å². The third kappa shape index (κ3) is 4.13. The van der Waals surface area contributed by atoms with E-state index in [4.69, 9.17) is 0 Å². The molecular weight excluding hydrogens is 437 g/mol. The van der Waals surface area contributed by atoms with Crippen molar-refractivity contribution in [3.05, 3.63) is 75.0 Å². The van der Waals surface area contributed by atoms with E-state index in [1.54, 1.807) is 36.4 Å². The largest absolute Gasteiger partial charge is 0.507 e. The van der Waals surface area contributed by atoms with Crippen molar-refractivity contribution in [3.8, 4) is 0 Å². The highest BCUT2D eigenvalue weighted by atomic mass is 79.9. The second kappa shape index (κ2) is 8.91. The lowest BCUT2D eigenvalue weighted by molar-refractivity contribution is -0.139. The molecule has 3 rings (SSSR count). The summed E-state index contributed by atoms with van der Waals surface area (Å²) < 4.78 is 15.5. The number of halogens is 2. The van der Waals surface area contributed by atoms with Crippen LogP contribution >= 0.6 is 15.9 Å². The SMILES string of the molecule is CCCCCN1C(=O)C(=O)/C(=C(/O)c2ccc(Br)c(C)c2)C1c1ccccc1F. The van der Waals surface area contributed by atoms with Gasteiger partial charge in [0.05, 0.1) is 11.6 Å². The Labute approximate surface area is 178 Å². The average molecular weight is 460 g/mol. The standard InChI is InChI=1S/C23H23BrFNO3/c1-3-4-7-12-26-20(16-8-5-6-9-18(16)25)19(22(28)23(26)29)21(27)15-10-11-17(24)14(2)13-15/h5-6,8-11,13,20,27H,3-4,7,12H2,1-2H3/b21-19+. The third-order valence-electron chi connectivity index (χ3n) is 5.17. The minimum atomic E-state index is -0.947. The molecule has 0 aromatic heterocycles. The van der Waals surface area contributed by atoms with Crippen LogP contribution in [0, 0.1) is 12.7 Å². The normalized spacial score (nSPS) is 18.5. The van der Waals surface area contributed by atoms with Crippen molar-refractivity contribution in [2.24, 2.45) is 0 Å². The maximum absolute atomic E-state index is 14.7. The van der Waals surface area contributed by atoms with E-state index in [0.717, 1.165) is 22.9 Å². The van der Waals surface area contributed by atoms with Crippen molar-refractivity contribution in [2.45, 2.75) is 39.2 Å². The zero-order valence-corrected chi connectivity index (χ0v) is 18.0. The van der Waals surface area contributed by atoms with E-state index >= 15 is 0 Å². The Hall–Kier alpha value is -2.47. The van der Waals surface area contributed by atoms with Crippen molar-refractivity contribution < 1.29 is 19.1 Å². The third-order valence-corrected chi connectivity index (χ3v) is 6.06. The highest BCUT2D eigenvalue weighted by Crippen LogP contribution is 2.40. The van der Waals surface area contributed by atoms with E-state index in [1.807, 2.05) is 13.8 Å². The van der Waals surface area contributed by atoms with Crippen LogP contribution in [0.3, 0.4) is 0 Å². The molecule has 1 saturated heterocycles. The lowest BCUT2D eigenvalue weighted by atomic mass is 9.94. The van der Waals surface area contributed by atoms with Gasteiger partial charge in [-0.05, 0) is 37.1 Å². The maximum Gasteiger partial charge on any atom is 0.295 e. The smallest absolute Gasteiger partial charge is 0.295 e. The second-order valence-electron chi connectivity index (χ2n) is 7.19. The van der Waals surface area contributed by atoms with Crippen LogP contribution in [-0.2, 0) is 9.59 Å². The molecule has 2 aromatic carbocycles. The quantitative estimate of drug-likeness (QED) is 0.268. The fourth-order valence-corrected chi connectivity index (χ4v) is 3.86. The number of carbonyl (C=O) groups excluding carboxylic acids is 2. The van der Waals surface area contributed by atoms with Gasteiger partial charge >= 0.3 is 0 Å². The van der Waals surface area contributed by atoms with Crippen LogP contribution in [0.5, 0.6) is 0 Å². The molecule has 152 valence electrons. The van der Waals surface area contributed by atoms with E-state index in [1.165, 1.54) is 11.0 Å². The van der Waals surface area contributed by atoms with Crippen LogP contribution in [0.1, 0.15) is 48.9 Å². The summed E-state index contributed by atoms with van der Waals surface area (Å²) in [6, 6.07) is 10.3. The Balaban J connectivity index is 2.16. The summed E-state index contributed by atoms with van der Waals surface area (Å²) in [6.45, 7) is 4.23. The number of nitrogens with zero attached hydrogens (tertiary/aromatic N) is 1. The average Bonchev–Trinajstić information content (AvgIpc) is 2.95. The molecule has 0 radical (unpaired) electrons. The van der Waals surface area contributed by atoms with Gasteiger partial charge in [-0.3, -0.25) is 9.59 Å². The number of benzene rings is 2. The van der Waals surface area contributed by atoms with Gasteiger partial charge in [-0.25, -0.2) is 4.39 Å². The van der Waals surface area contributed by atoms with Crippen LogP contribution in [0.15, 0.2) is 52.5 Å². The number of hydrogen-bond acceptors (Lipinski definition) is 3. The highest BCUT2D eigenvalue weighted by Gasteiger charge is 2.46. The van der Waals surface area contributed by atoms with Crippen LogP contribution in [0.2, 0.25) is 0 Å². The van der Waals surface area contributed by atoms with E-state index in [2.05, 4.69) is 15.9 Å². The predicted octanol–water partition coefficient (Wildman–Crippen LogP) is 5.51. The molecule has 1 unspecified atom stereocenters. The van der Waals surface area contributed by atoms with Crippen molar-refractivity contribution in [2.75, 3.05) is 6.54 Å². The molecule has 2 aromatic rings. The summed E-state index contributed by atoms with van der Waals surface area (Å²) in [5.74, 6) is -2.29. The number of aryl methyl sites for hydroxylation is 1. The van der Waals surface area contributed by atoms with Gasteiger partial charge in [0.25, 0.3) is 11.7 Å². The molecule has 1 fully saturated rings. The number of likely N-dealkylation sites (tertiary alicyclic amines) is 1. The van der Waals surface area contributed by atoms with E-state index in [0.29, 0.717) is 18.5 Å². The first kappa shape index (κ1) is 21.2. The molecule has 4 nitrogen and oxygen atoms in total. The summed E-state index contributed by atoms with van der Waals surface area (Å²) in [6.07, 6.45) is 2.54. The summed E-state index contributed by atoms with van der Waals surface area (Å²) >= 11 is 3.41.